The number of fused-ring (bicyclic) bond motifs is 1. The topological polar surface area (TPSA) is 62.5 Å². The van der Waals surface area contributed by atoms with Gasteiger partial charge in [-0.05, 0) is 56.2 Å². The molecule has 0 radical (unpaired) electrons. The van der Waals surface area contributed by atoms with Crippen molar-refractivity contribution in [2.75, 3.05) is 24.5 Å². The summed E-state index contributed by atoms with van der Waals surface area (Å²) in [6, 6.07) is 12.7. The molecule has 4 heterocycles. The maximum atomic E-state index is 12.8. The summed E-state index contributed by atoms with van der Waals surface area (Å²) < 4.78 is 1.90. The van der Waals surface area contributed by atoms with Crippen molar-refractivity contribution in [1.82, 2.24) is 19.9 Å². The Balaban J connectivity index is 1.33. The van der Waals surface area contributed by atoms with Crippen molar-refractivity contribution in [3.05, 3.63) is 70.2 Å². The number of rotatable bonds is 6. The number of benzene rings is 1. The van der Waals surface area contributed by atoms with Crippen molar-refractivity contribution in [3.63, 3.8) is 0 Å². The SMILES string of the molecule is Cc1ccc(-c2cc3c(N4CCCC(C(=O)NCCc5cccs5)C4)nccn3n2)c(C)c1. The molecule has 1 aliphatic rings. The van der Waals surface area contributed by atoms with Crippen LogP contribution in [0.15, 0.2) is 54.2 Å². The molecule has 1 aromatic carbocycles. The number of amides is 1. The molecule has 0 saturated carbocycles. The zero-order valence-corrected chi connectivity index (χ0v) is 19.9. The molecule has 1 aliphatic heterocycles. The van der Waals surface area contributed by atoms with Crippen LogP contribution in [0.1, 0.15) is 28.8 Å². The van der Waals surface area contributed by atoms with E-state index < -0.39 is 0 Å². The maximum Gasteiger partial charge on any atom is 0.224 e. The van der Waals surface area contributed by atoms with E-state index in [0.717, 1.165) is 48.4 Å². The van der Waals surface area contributed by atoms with Crippen molar-refractivity contribution in [3.8, 4) is 11.3 Å². The van der Waals surface area contributed by atoms with E-state index in [9.17, 15) is 4.79 Å². The highest BCUT2D eigenvalue weighted by atomic mass is 32.1. The average Bonchev–Trinajstić information content (AvgIpc) is 3.48. The second-order valence-electron chi connectivity index (χ2n) is 8.83. The average molecular weight is 460 g/mol. The van der Waals surface area contributed by atoms with E-state index in [1.807, 2.05) is 10.7 Å². The van der Waals surface area contributed by atoms with Gasteiger partial charge in [0.2, 0.25) is 5.91 Å². The van der Waals surface area contributed by atoms with Gasteiger partial charge in [-0.1, -0.05) is 29.8 Å². The molecule has 0 spiro atoms. The van der Waals surface area contributed by atoms with Gasteiger partial charge >= 0.3 is 0 Å². The van der Waals surface area contributed by atoms with Crippen LogP contribution in [0.2, 0.25) is 0 Å². The Kier molecular flexibility index (Phi) is 6.13. The molecule has 1 amide bonds. The molecule has 1 saturated heterocycles. The first-order chi connectivity index (χ1) is 16.1. The minimum absolute atomic E-state index is 0.0223. The van der Waals surface area contributed by atoms with E-state index in [1.165, 1.54) is 16.0 Å². The van der Waals surface area contributed by atoms with Crippen molar-refractivity contribution in [2.24, 2.45) is 5.92 Å². The highest BCUT2D eigenvalue weighted by Gasteiger charge is 2.27. The number of piperidine rings is 1. The Labute approximate surface area is 198 Å². The Morgan fingerprint density at radius 1 is 1.24 bits per heavy atom. The summed E-state index contributed by atoms with van der Waals surface area (Å²) in [7, 11) is 0. The standard InChI is InChI=1S/C26H29N5OS/c1-18-7-8-22(19(2)15-18)23-16-24-25(27-11-13-31(24)29-23)30-12-3-5-20(17-30)26(32)28-10-9-21-6-4-14-33-21/h4,6-8,11,13-16,20H,3,5,9-10,12,17H2,1-2H3,(H,28,32). The lowest BCUT2D eigenvalue weighted by Crippen LogP contribution is -2.44. The normalized spacial score (nSPS) is 16.3. The number of aromatic nitrogens is 3. The molecule has 1 atom stereocenters. The molecule has 3 aromatic heterocycles. The van der Waals surface area contributed by atoms with E-state index in [2.05, 4.69) is 65.8 Å². The summed E-state index contributed by atoms with van der Waals surface area (Å²) in [4.78, 5) is 21.1. The Morgan fingerprint density at radius 3 is 2.97 bits per heavy atom. The third-order valence-corrected chi connectivity index (χ3v) is 7.31. The minimum atomic E-state index is -0.0223. The fourth-order valence-corrected chi connectivity index (χ4v) is 5.39. The molecule has 4 aromatic rings. The van der Waals surface area contributed by atoms with Gasteiger partial charge in [-0.3, -0.25) is 4.79 Å². The lowest BCUT2D eigenvalue weighted by Gasteiger charge is -2.33. The van der Waals surface area contributed by atoms with Crippen LogP contribution >= 0.6 is 11.3 Å². The first-order valence-corrected chi connectivity index (χ1v) is 12.4. The maximum absolute atomic E-state index is 12.8. The lowest BCUT2D eigenvalue weighted by molar-refractivity contribution is -0.125. The smallest absolute Gasteiger partial charge is 0.224 e. The van der Waals surface area contributed by atoms with E-state index >= 15 is 0 Å². The Hall–Kier alpha value is -3.19. The Morgan fingerprint density at radius 2 is 2.15 bits per heavy atom. The minimum Gasteiger partial charge on any atom is -0.355 e. The molecule has 170 valence electrons. The highest BCUT2D eigenvalue weighted by molar-refractivity contribution is 7.09. The summed E-state index contributed by atoms with van der Waals surface area (Å²) in [6.07, 6.45) is 6.47. The number of carbonyl (C=O) groups is 1. The summed E-state index contributed by atoms with van der Waals surface area (Å²) in [5, 5.41) is 10.0. The third kappa shape index (κ3) is 4.64. The molecule has 5 rings (SSSR count). The predicted octanol–water partition coefficient (Wildman–Crippen LogP) is 4.65. The van der Waals surface area contributed by atoms with Crippen LogP contribution in [-0.4, -0.2) is 40.1 Å². The third-order valence-electron chi connectivity index (χ3n) is 6.37. The van der Waals surface area contributed by atoms with Gasteiger partial charge in [0.25, 0.3) is 0 Å². The van der Waals surface area contributed by atoms with Gasteiger partial charge < -0.3 is 10.2 Å². The lowest BCUT2D eigenvalue weighted by atomic mass is 9.97. The van der Waals surface area contributed by atoms with Gasteiger partial charge in [-0.25, -0.2) is 9.50 Å². The molecular formula is C26H29N5OS. The molecule has 0 aliphatic carbocycles. The van der Waals surface area contributed by atoms with Crippen LogP contribution in [-0.2, 0) is 11.2 Å². The zero-order chi connectivity index (χ0) is 22.8. The van der Waals surface area contributed by atoms with Crippen LogP contribution in [0.3, 0.4) is 0 Å². The van der Waals surface area contributed by atoms with E-state index in [1.54, 1.807) is 17.5 Å². The van der Waals surface area contributed by atoms with Gasteiger partial charge in [-0.15, -0.1) is 11.3 Å². The van der Waals surface area contributed by atoms with Crippen molar-refractivity contribution in [2.45, 2.75) is 33.1 Å². The predicted molar refractivity (Wildman–Crippen MR) is 134 cm³/mol. The number of thiophene rings is 1. The second kappa shape index (κ2) is 9.35. The fourth-order valence-electron chi connectivity index (χ4n) is 4.68. The van der Waals surface area contributed by atoms with Crippen molar-refractivity contribution >= 4 is 28.6 Å². The number of carbonyl (C=O) groups excluding carboxylic acids is 1. The summed E-state index contributed by atoms with van der Waals surface area (Å²) in [5.74, 6) is 1.02. The van der Waals surface area contributed by atoms with Gasteiger partial charge in [0.1, 0.15) is 5.52 Å². The van der Waals surface area contributed by atoms with Gasteiger partial charge in [0.05, 0.1) is 11.6 Å². The molecular weight excluding hydrogens is 430 g/mol. The largest absolute Gasteiger partial charge is 0.355 e. The molecule has 1 fully saturated rings. The number of hydrogen-bond donors (Lipinski definition) is 1. The molecule has 1 unspecified atom stereocenters. The number of nitrogens with zero attached hydrogens (tertiary/aromatic N) is 4. The summed E-state index contributed by atoms with van der Waals surface area (Å²) in [5.41, 5.74) is 5.52. The van der Waals surface area contributed by atoms with Crippen LogP contribution in [0.5, 0.6) is 0 Å². The fraction of sp³-hybridized carbons (Fsp3) is 0.346. The molecule has 7 heteroatoms. The first kappa shape index (κ1) is 21.6. The Bertz CT molecular complexity index is 1260. The van der Waals surface area contributed by atoms with Gasteiger partial charge in [0.15, 0.2) is 5.82 Å². The zero-order valence-electron chi connectivity index (χ0n) is 19.1. The van der Waals surface area contributed by atoms with E-state index in [4.69, 9.17) is 10.1 Å². The van der Waals surface area contributed by atoms with Crippen LogP contribution in [0, 0.1) is 19.8 Å². The number of hydrogen-bond acceptors (Lipinski definition) is 5. The quantitative estimate of drug-likeness (QED) is 0.456. The first-order valence-electron chi connectivity index (χ1n) is 11.6. The number of nitrogens with one attached hydrogen (secondary N) is 1. The summed E-state index contributed by atoms with van der Waals surface area (Å²) in [6.45, 7) is 6.49. The number of anilines is 1. The van der Waals surface area contributed by atoms with Gasteiger partial charge in [-0.2, -0.15) is 5.10 Å². The molecule has 6 nitrogen and oxygen atoms in total. The van der Waals surface area contributed by atoms with E-state index in [-0.39, 0.29) is 11.8 Å². The highest BCUT2D eigenvalue weighted by Crippen LogP contribution is 2.30. The van der Waals surface area contributed by atoms with Crippen LogP contribution in [0.4, 0.5) is 5.82 Å². The molecule has 1 N–H and O–H groups in total. The van der Waals surface area contributed by atoms with Gasteiger partial charge in [0, 0.05) is 42.5 Å². The summed E-state index contributed by atoms with van der Waals surface area (Å²) >= 11 is 1.73. The van der Waals surface area contributed by atoms with Crippen molar-refractivity contribution < 1.29 is 4.79 Å². The monoisotopic (exact) mass is 459 g/mol. The van der Waals surface area contributed by atoms with Crippen LogP contribution < -0.4 is 10.2 Å². The molecule has 0 bridgehead atoms. The van der Waals surface area contributed by atoms with E-state index in [0.29, 0.717) is 13.1 Å². The van der Waals surface area contributed by atoms with Crippen molar-refractivity contribution in [1.29, 1.82) is 0 Å². The van der Waals surface area contributed by atoms with Crippen LogP contribution in [0.25, 0.3) is 16.8 Å². The molecule has 33 heavy (non-hydrogen) atoms. The second-order valence-corrected chi connectivity index (χ2v) is 9.87. The number of aryl methyl sites for hydroxylation is 2.